The van der Waals surface area contributed by atoms with Crippen molar-refractivity contribution in [2.24, 2.45) is 0 Å². The van der Waals surface area contributed by atoms with Gasteiger partial charge >= 0.3 is 0 Å². The van der Waals surface area contributed by atoms with Crippen molar-refractivity contribution in [3.05, 3.63) is 34.3 Å². The number of nitrogens with zero attached hydrogens (tertiary/aromatic N) is 1. The summed E-state index contributed by atoms with van der Waals surface area (Å²) >= 11 is 3.43. The molecule has 0 aliphatic carbocycles. The molecule has 0 spiro atoms. The van der Waals surface area contributed by atoms with Crippen molar-refractivity contribution in [1.29, 1.82) is 0 Å². The highest BCUT2D eigenvalue weighted by molar-refractivity contribution is 9.10. The lowest BCUT2D eigenvalue weighted by Crippen LogP contribution is -2.42. The van der Waals surface area contributed by atoms with E-state index < -0.39 is 0 Å². The van der Waals surface area contributed by atoms with Crippen LogP contribution in [0.15, 0.2) is 28.7 Å². The minimum atomic E-state index is 0.171. The first kappa shape index (κ1) is 14.7. The lowest BCUT2D eigenvalue weighted by molar-refractivity contribution is 0.00718. The fourth-order valence-electron chi connectivity index (χ4n) is 2.50. The molecule has 0 N–H and O–H groups in total. The van der Waals surface area contributed by atoms with E-state index in [1.165, 1.54) is 0 Å². The number of carbonyl (C=O) groups is 1. The summed E-state index contributed by atoms with van der Waals surface area (Å²) < 4.78 is 6.54. The van der Waals surface area contributed by atoms with Crippen LogP contribution in [0.1, 0.15) is 30.1 Å². The summed E-state index contributed by atoms with van der Waals surface area (Å²) in [6.45, 7) is 5.10. The normalized spacial score (nSPS) is 20.4. The molecule has 4 heteroatoms. The Labute approximate surface area is 123 Å². The molecule has 104 valence electrons. The topological polar surface area (TPSA) is 29.5 Å². The van der Waals surface area contributed by atoms with Crippen molar-refractivity contribution >= 4 is 21.7 Å². The molecular formula is C15H20BrNO2. The van der Waals surface area contributed by atoms with Crippen LogP contribution < -0.4 is 0 Å². The van der Waals surface area contributed by atoms with E-state index in [0.717, 1.165) is 42.6 Å². The van der Waals surface area contributed by atoms with Crippen molar-refractivity contribution in [1.82, 2.24) is 4.90 Å². The average Bonchev–Trinajstić information content (AvgIpc) is 2.40. The quantitative estimate of drug-likeness (QED) is 0.779. The molecule has 1 aromatic rings. The average molecular weight is 326 g/mol. The number of benzene rings is 1. The maximum atomic E-state index is 12.3. The maximum Gasteiger partial charge on any atom is 0.177 e. The first-order chi connectivity index (χ1) is 9.20. The second-order valence-corrected chi connectivity index (χ2v) is 5.71. The van der Waals surface area contributed by atoms with Gasteiger partial charge in [0.25, 0.3) is 0 Å². The number of ketones is 1. The lowest BCUT2D eigenvalue weighted by Gasteiger charge is -2.31. The van der Waals surface area contributed by atoms with Gasteiger partial charge in [-0.25, -0.2) is 0 Å². The van der Waals surface area contributed by atoms with Gasteiger partial charge in [0, 0.05) is 23.2 Å². The monoisotopic (exact) mass is 325 g/mol. The summed E-state index contributed by atoms with van der Waals surface area (Å²) in [5, 5.41) is 0. The van der Waals surface area contributed by atoms with Crippen molar-refractivity contribution in [3.8, 4) is 0 Å². The third-order valence-electron chi connectivity index (χ3n) is 3.41. The molecule has 1 heterocycles. The van der Waals surface area contributed by atoms with Crippen LogP contribution in [0.4, 0.5) is 0 Å². The Hall–Kier alpha value is -0.710. The van der Waals surface area contributed by atoms with E-state index in [9.17, 15) is 4.79 Å². The number of piperidine rings is 1. The van der Waals surface area contributed by atoms with Crippen molar-refractivity contribution in [2.45, 2.75) is 25.9 Å². The number of rotatable bonds is 5. The van der Waals surface area contributed by atoms with Gasteiger partial charge in [-0.15, -0.1) is 0 Å². The van der Waals surface area contributed by atoms with Crippen molar-refractivity contribution in [2.75, 3.05) is 26.2 Å². The highest BCUT2D eigenvalue weighted by Crippen LogP contribution is 2.18. The van der Waals surface area contributed by atoms with Crippen LogP contribution in [0.3, 0.4) is 0 Å². The van der Waals surface area contributed by atoms with Crippen LogP contribution in [0, 0.1) is 0 Å². The molecule has 3 nitrogen and oxygen atoms in total. The van der Waals surface area contributed by atoms with Gasteiger partial charge in [-0.1, -0.05) is 34.1 Å². The van der Waals surface area contributed by atoms with E-state index in [0.29, 0.717) is 6.54 Å². The minimum Gasteiger partial charge on any atom is -0.377 e. The molecular weight excluding hydrogens is 306 g/mol. The van der Waals surface area contributed by atoms with E-state index in [2.05, 4.69) is 20.8 Å². The summed E-state index contributed by atoms with van der Waals surface area (Å²) in [7, 11) is 0. The molecule has 2 rings (SSSR count). The fourth-order valence-corrected chi connectivity index (χ4v) is 3.01. The SMILES string of the molecule is CCOC1CCCN(CC(=O)c2ccccc2Br)C1. The third kappa shape index (κ3) is 4.13. The number of halogens is 1. The summed E-state index contributed by atoms with van der Waals surface area (Å²) in [5.41, 5.74) is 0.765. The number of ether oxygens (including phenoxy) is 1. The molecule has 1 fully saturated rings. The van der Waals surface area contributed by atoms with E-state index >= 15 is 0 Å². The minimum absolute atomic E-state index is 0.171. The molecule has 1 aromatic carbocycles. The number of carbonyl (C=O) groups excluding carboxylic acids is 1. The predicted octanol–water partition coefficient (Wildman–Crippen LogP) is 3.13. The van der Waals surface area contributed by atoms with Crippen LogP contribution in [0.25, 0.3) is 0 Å². The Balaban J connectivity index is 1.93. The predicted molar refractivity (Wildman–Crippen MR) is 79.6 cm³/mol. The summed E-state index contributed by atoms with van der Waals surface area (Å²) in [5.74, 6) is 0.171. The Morgan fingerprint density at radius 3 is 3.00 bits per heavy atom. The largest absolute Gasteiger partial charge is 0.377 e. The van der Waals surface area contributed by atoms with Crippen LogP contribution in [-0.2, 0) is 4.74 Å². The standard InChI is InChI=1S/C15H20BrNO2/c1-2-19-12-6-5-9-17(10-12)11-15(18)13-7-3-4-8-14(13)16/h3-4,7-8,12H,2,5-6,9-11H2,1H3. The number of hydrogen-bond acceptors (Lipinski definition) is 3. The number of Topliss-reactive ketones (excluding diaryl/α,β-unsaturated/α-hetero) is 1. The van der Waals surface area contributed by atoms with Crippen molar-refractivity contribution < 1.29 is 9.53 Å². The van der Waals surface area contributed by atoms with Gasteiger partial charge in [-0.3, -0.25) is 9.69 Å². The molecule has 0 radical (unpaired) electrons. The Kier molecular flexibility index (Phi) is 5.55. The molecule has 0 saturated carbocycles. The molecule has 1 unspecified atom stereocenters. The highest BCUT2D eigenvalue weighted by atomic mass is 79.9. The van der Waals surface area contributed by atoms with Crippen LogP contribution in [-0.4, -0.2) is 43.0 Å². The fraction of sp³-hybridized carbons (Fsp3) is 0.533. The zero-order valence-electron chi connectivity index (χ0n) is 11.3. The Morgan fingerprint density at radius 1 is 1.47 bits per heavy atom. The Morgan fingerprint density at radius 2 is 2.26 bits per heavy atom. The van der Waals surface area contributed by atoms with E-state index in [4.69, 9.17) is 4.74 Å². The number of hydrogen-bond donors (Lipinski definition) is 0. The van der Waals surface area contributed by atoms with Gasteiger partial charge in [0.15, 0.2) is 5.78 Å². The molecule has 0 aromatic heterocycles. The smallest absolute Gasteiger partial charge is 0.177 e. The van der Waals surface area contributed by atoms with Gasteiger partial charge < -0.3 is 4.74 Å². The Bertz CT molecular complexity index is 434. The molecule has 1 atom stereocenters. The summed E-state index contributed by atoms with van der Waals surface area (Å²) in [4.78, 5) is 14.5. The molecule has 1 saturated heterocycles. The van der Waals surface area contributed by atoms with Gasteiger partial charge in [-0.2, -0.15) is 0 Å². The van der Waals surface area contributed by atoms with E-state index in [-0.39, 0.29) is 11.9 Å². The highest BCUT2D eigenvalue weighted by Gasteiger charge is 2.22. The summed E-state index contributed by atoms with van der Waals surface area (Å²) in [6, 6.07) is 7.60. The molecule has 19 heavy (non-hydrogen) atoms. The van der Waals surface area contributed by atoms with Crippen LogP contribution >= 0.6 is 15.9 Å². The molecule has 0 bridgehead atoms. The summed E-state index contributed by atoms with van der Waals surface area (Å²) in [6.07, 6.45) is 2.49. The van der Waals surface area contributed by atoms with Crippen molar-refractivity contribution in [3.63, 3.8) is 0 Å². The number of likely N-dealkylation sites (tertiary alicyclic amines) is 1. The van der Waals surface area contributed by atoms with Gasteiger partial charge in [0.2, 0.25) is 0 Å². The third-order valence-corrected chi connectivity index (χ3v) is 4.10. The molecule has 1 aliphatic heterocycles. The lowest BCUT2D eigenvalue weighted by atomic mass is 10.1. The van der Waals surface area contributed by atoms with Crippen LogP contribution in [0.2, 0.25) is 0 Å². The zero-order chi connectivity index (χ0) is 13.7. The van der Waals surface area contributed by atoms with Crippen LogP contribution in [0.5, 0.6) is 0 Å². The molecule has 1 aliphatic rings. The van der Waals surface area contributed by atoms with E-state index in [1.54, 1.807) is 0 Å². The van der Waals surface area contributed by atoms with Gasteiger partial charge in [0.05, 0.1) is 12.6 Å². The maximum absolute atomic E-state index is 12.3. The zero-order valence-corrected chi connectivity index (χ0v) is 12.9. The first-order valence-electron chi connectivity index (χ1n) is 6.82. The second kappa shape index (κ2) is 7.17. The van der Waals surface area contributed by atoms with Gasteiger partial charge in [-0.05, 0) is 32.4 Å². The second-order valence-electron chi connectivity index (χ2n) is 4.86. The first-order valence-corrected chi connectivity index (χ1v) is 7.61. The van der Waals surface area contributed by atoms with E-state index in [1.807, 2.05) is 31.2 Å². The van der Waals surface area contributed by atoms with Gasteiger partial charge in [0.1, 0.15) is 0 Å². The molecule has 0 amide bonds.